The van der Waals surface area contributed by atoms with E-state index >= 15 is 0 Å². The Morgan fingerprint density at radius 2 is 0.562 bits per heavy atom. The van der Waals surface area contributed by atoms with E-state index in [9.17, 15) is 19.8 Å². The number of nitrogens with one attached hydrogen (secondary N) is 1. The number of rotatable bonds is 77. The van der Waals surface area contributed by atoms with Crippen LogP contribution in [-0.4, -0.2) is 47.4 Å². The zero-order valence-electron chi connectivity index (χ0n) is 60.4. The Balaban J connectivity index is 3.36. The average Bonchev–Trinajstić information content (AvgIpc) is 3.60. The van der Waals surface area contributed by atoms with E-state index in [0.717, 1.165) is 51.4 Å². The summed E-state index contributed by atoms with van der Waals surface area (Å²) in [6, 6.07) is -0.541. The summed E-state index contributed by atoms with van der Waals surface area (Å²) in [5.41, 5.74) is 0. The van der Waals surface area contributed by atoms with Gasteiger partial charge in [0.05, 0.1) is 25.4 Å². The molecule has 0 saturated carbocycles. The maximum atomic E-state index is 12.6. The van der Waals surface area contributed by atoms with Crippen molar-refractivity contribution in [1.82, 2.24) is 5.32 Å². The second kappa shape index (κ2) is 78.5. The van der Waals surface area contributed by atoms with E-state index in [-0.39, 0.29) is 18.5 Å². The number of aliphatic hydroxyl groups excluding tert-OH is 2. The first kappa shape index (κ1) is 87.1. The lowest BCUT2D eigenvalue weighted by Crippen LogP contribution is -2.45. The highest BCUT2D eigenvalue weighted by Gasteiger charge is 2.20. The molecule has 0 heterocycles. The molecule has 3 N–H and O–H groups in total. The molecule has 0 fully saturated rings. The minimum absolute atomic E-state index is 0.00554. The third-order valence-electron chi connectivity index (χ3n) is 19.2. The summed E-state index contributed by atoms with van der Waals surface area (Å²) in [7, 11) is 0. The minimum Gasteiger partial charge on any atom is -0.466 e. The lowest BCUT2D eigenvalue weighted by Gasteiger charge is -2.22. The molecular formula is C83H159NO5. The second-order valence-corrected chi connectivity index (χ2v) is 28.1. The van der Waals surface area contributed by atoms with Crippen LogP contribution in [0.5, 0.6) is 0 Å². The summed E-state index contributed by atoms with van der Waals surface area (Å²) < 4.78 is 5.50. The Labute approximate surface area is 557 Å². The molecule has 89 heavy (non-hydrogen) atoms. The van der Waals surface area contributed by atoms with Crippen molar-refractivity contribution >= 4 is 11.9 Å². The molecule has 2 atom stereocenters. The SMILES string of the molecule is CCCCCC/C=C\C/C=C\CCCCCCCC(=O)OCCCCCCCCCCCCCC/C=C\CCCCCCCCCCCCCCCCCCC(=O)NC(CO)C(O)CCCCCCCCCCCCCCCCCCCCCCCCCC. The number of hydrogen-bond acceptors (Lipinski definition) is 5. The van der Waals surface area contributed by atoms with Crippen LogP contribution >= 0.6 is 0 Å². The van der Waals surface area contributed by atoms with Gasteiger partial charge in [-0.1, -0.05) is 397 Å². The number of carbonyl (C=O) groups is 2. The van der Waals surface area contributed by atoms with E-state index in [1.165, 1.54) is 372 Å². The Bertz CT molecular complexity index is 1440. The fraction of sp³-hybridized carbons (Fsp3) is 0.904. The van der Waals surface area contributed by atoms with Crippen molar-refractivity contribution < 1.29 is 24.5 Å². The molecule has 0 bridgehead atoms. The highest BCUT2D eigenvalue weighted by atomic mass is 16.5. The fourth-order valence-electron chi connectivity index (χ4n) is 13.0. The molecule has 6 heteroatoms. The van der Waals surface area contributed by atoms with Crippen molar-refractivity contribution in [3.63, 3.8) is 0 Å². The van der Waals surface area contributed by atoms with Gasteiger partial charge >= 0.3 is 5.97 Å². The van der Waals surface area contributed by atoms with Crippen LogP contribution in [-0.2, 0) is 14.3 Å². The standard InChI is InChI=1S/C83H159NO5/c1-3-5-7-9-11-13-15-17-19-21-22-23-24-35-38-41-44-47-51-55-59-63-67-71-75-81(86)80(79-85)84-82(87)76-72-68-64-60-56-52-48-45-42-39-36-33-31-29-27-25-26-28-30-32-34-37-40-43-46-50-54-58-62-66-70-74-78-89-83(88)77-73-69-65-61-57-53-49-20-18-16-14-12-10-8-6-4-2/h14,16,20,28,30,49,80-81,85-86H,3-13,15,17-19,21-27,29,31-48,50-79H2,1-2H3,(H,84,87)/b16-14-,30-28-,49-20-. The summed E-state index contributed by atoms with van der Waals surface area (Å²) in [6.07, 6.45) is 102. The number of esters is 1. The molecule has 526 valence electrons. The van der Waals surface area contributed by atoms with Crippen molar-refractivity contribution in [1.29, 1.82) is 0 Å². The van der Waals surface area contributed by atoms with Crippen molar-refractivity contribution in [2.24, 2.45) is 0 Å². The molecule has 0 spiro atoms. The molecular weight excluding hydrogens is 1090 g/mol. The number of carbonyl (C=O) groups excluding carboxylic acids is 2. The first-order chi connectivity index (χ1) is 44.0. The van der Waals surface area contributed by atoms with Gasteiger partial charge in [-0.2, -0.15) is 0 Å². The predicted octanol–water partition coefficient (Wildman–Crippen LogP) is 27.0. The first-order valence-electron chi connectivity index (χ1n) is 40.7. The number of ether oxygens (including phenoxy) is 1. The third-order valence-corrected chi connectivity index (χ3v) is 19.2. The van der Waals surface area contributed by atoms with Gasteiger partial charge < -0.3 is 20.3 Å². The van der Waals surface area contributed by atoms with Gasteiger partial charge in [-0.25, -0.2) is 0 Å². The lowest BCUT2D eigenvalue weighted by molar-refractivity contribution is -0.143. The molecule has 6 nitrogen and oxygen atoms in total. The van der Waals surface area contributed by atoms with Crippen molar-refractivity contribution in [3.05, 3.63) is 36.5 Å². The molecule has 0 rings (SSSR count). The number of hydrogen-bond donors (Lipinski definition) is 3. The van der Waals surface area contributed by atoms with Gasteiger partial charge in [0.15, 0.2) is 0 Å². The van der Waals surface area contributed by atoms with E-state index in [1.807, 2.05) is 0 Å². The largest absolute Gasteiger partial charge is 0.466 e. The molecule has 0 aromatic rings. The monoisotopic (exact) mass is 1250 g/mol. The Morgan fingerprint density at radius 1 is 0.315 bits per heavy atom. The van der Waals surface area contributed by atoms with Crippen LogP contribution in [0, 0.1) is 0 Å². The number of allylic oxidation sites excluding steroid dienone is 6. The smallest absolute Gasteiger partial charge is 0.305 e. The van der Waals surface area contributed by atoms with Crippen molar-refractivity contribution in [2.75, 3.05) is 13.2 Å². The molecule has 1 amide bonds. The van der Waals surface area contributed by atoms with Crippen LogP contribution in [0.3, 0.4) is 0 Å². The zero-order valence-corrected chi connectivity index (χ0v) is 60.4. The maximum Gasteiger partial charge on any atom is 0.305 e. The number of amides is 1. The van der Waals surface area contributed by atoms with Gasteiger partial charge in [0.2, 0.25) is 5.91 Å². The van der Waals surface area contributed by atoms with Crippen LogP contribution in [0.1, 0.15) is 457 Å². The highest BCUT2D eigenvalue weighted by molar-refractivity contribution is 5.76. The van der Waals surface area contributed by atoms with Gasteiger partial charge in [0, 0.05) is 12.8 Å². The van der Waals surface area contributed by atoms with Crippen molar-refractivity contribution in [2.45, 2.75) is 469 Å². The number of unbranched alkanes of at least 4 members (excludes halogenated alkanes) is 60. The van der Waals surface area contributed by atoms with Gasteiger partial charge in [0.25, 0.3) is 0 Å². The maximum absolute atomic E-state index is 12.6. The lowest BCUT2D eigenvalue weighted by atomic mass is 10.0. The van der Waals surface area contributed by atoms with Crippen LogP contribution in [0.25, 0.3) is 0 Å². The van der Waals surface area contributed by atoms with E-state index in [1.54, 1.807) is 0 Å². The van der Waals surface area contributed by atoms with E-state index in [0.29, 0.717) is 25.9 Å². The first-order valence-corrected chi connectivity index (χ1v) is 40.7. The van der Waals surface area contributed by atoms with Crippen molar-refractivity contribution in [3.8, 4) is 0 Å². The molecule has 0 aliphatic carbocycles. The molecule has 2 unspecified atom stereocenters. The molecule has 0 aromatic heterocycles. The van der Waals surface area contributed by atoms with Gasteiger partial charge in [0.1, 0.15) is 0 Å². The summed E-state index contributed by atoms with van der Waals surface area (Å²) in [5, 5.41) is 23.5. The quantitative estimate of drug-likeness (QED) is 0.0320. The molecule has 0 aliphatic rings. The van der Waals surface area contributed by atoms with Gasteiger partial charge in [-0.15, -0.1) is 0 Å². The van der Waals surface area contributed by atoms with E-state index < -0.39 is 12.1 Å². The van der Waals surface area contributed by atoms with E-state index in [4.69, 9.17) is 4.74 Å². The molecule has 0 radical (unpaired) electrons. The summed E-state index contributed by atoms with van der Waals surface area (Å²) in [5.74, 6) is -0.0213. The van der Waals surface area contributed by atoms with Crippen LogP contribution in [0.4, 0.5) is 0 Å². The average molecular weight is 1250 g/mol. The number of aliphatic hydroxyl groups is 2. The Hall–Kier alpha value is -1.92. The summed E-state index contributed by atoms with van der Waals surface area (Å²) in [6.45, 7) is 4.98. The molecule has 0 saturated heterocycles. The normalized spacial score (nSPS) is 12.6. The summed E-state index contributed by atoms with van der Waals surface area (Å²) >= 11 is 0. The van der Waals surface area contributed by atoms with Crippen LogP contribution in [0.2, 0.25) is 0 Å². The third kappa shape index (κ3) is 75.0. The highest BCUT2D eigenvalue weighted by Crippen LogP contribution is 2.20. The predicted molar refractivity (Wildman–Crippen MR) is 393 cm³/mol. The topological polar surface area (TPSA) is 95.9 Å². The van der Waals surface area contributed by atoms with Crippen LogP contribution < -0.4 is 5.32 Å². The fourth-order valence-corrected chi connectivity index (χ4v) is 13.0. The van der Waals surface area contributed by atoms with Crippen LogP contribution in [0.15, 0.2) is 36.5 Å². The summed E-state index contributed by atoms with van der Waals surface area (Å²) in [4.78, 5) is 24.7. The Morgan fingerprint density at radius 3 is 0.876 bits per heavy atom. The molecule has 0 aliphatic heterocycles. The van der Waals surface area contributed by atoms with E-state index in [2.05, 4.69) is 55.6 Å². The second-order valence-electron chi connectivity index (χ2n) is 28.1. The zero-order chi connectivity index (χ0) is 64.2. The van der Waals surface area contributed by atoms with Gasteiger partial charge in [-0.05, 0) is 83.5 Å². The molecule has 0 aromatic carbocycles. The minimum atomic E-state index is -0.664. The Kier molecular flexibility index (Phi) is 76.8. The van der Waals surface area contributed by atoms with Gasteiger partial charge in [-0.3, -0.25) is 9.59 Å².